The van der Waals surface area contributed by atoms with Crippen LogP contribution in [0.15, 0.2) is 22.7 Å². The Morgan fingerprint density at radius 1 is 1.35 bits per heavy atom. The van der Waals surface area contributed by atoms with E-state index in [-0.39, 0.29) is 5.54 Å². The highest BCUT2D eigenvalue weighted by Crippen LogP contribution is 2.27. The molecule has 0 atom stereocenters. The van der Waals surface area contributed by atoms with E-state index in [2.05, 4.69) is 65.1 Å². The fourth-order valence-corrected chi connectivity index (χ4v) is 2.79. The van der Waals surface area contributed by atoms with Crippen LogP contribution in [0.3, 0.4) is 0 Å². The molecule has 0 amide bonds. The molecular formula is C14H21BrN2. The first kappa shape index (κ1) is 12.9. The minimum atomic E-state index is 0.186. The quantitative estimate of drug-likeness (QED) is 0.855. The average molecular weight is 297 g/mol. The van der Waals surface area contributed by atoms with Crippen molar-refractivity contribution >= 4 is 21.6 Å². The highest BCUT2D eigenvalue weighted by molar-refractivity contribution is 9.10. The van der Waals surface area contributed by atoms with Gasteiger partial charge in [-0.3, -0.25) is 0 Å². The molecule has 17 heavy (non-hydrogen) atoms. The molecule has 1 aromatic carbocycles. The molecule has 1 heterocycles. The van der Waals surface area contributed by atoms with Crippen molar-refractivity contribution in [2.24, 2.45) is 0 Å². The number of halogens is 1. The average Bonchev–Trinajstić information content (AvgIpc) is 2.43. The van der Waals surface area contributed by atoms with Crippen LogP contribution in [-0.4, -0.2) is 25.2 Å². The Morgan fingerprint density at radius 3 is 2.88 bits per heavy atom. The molecule has 3 heteroatoms. The number of aryl methyl sites for hydroxylation is 1. The lowest BCUT2D eigenvalue weighted by molar-refractivity contribution is 0.416. The van der Waals surface area contributed by atoms with E-state index in [0.29, 0.717) is 0 Å². The van der Waals surface area contributed by atoms with Gasteiger partial charge in [-0.25, -0.2) is 0 Å². The van der Waals surface area contributed by atoms with Crippen LogP contribution in [0.5, 0.6) is 0 Å². The number of hydrogen-bond acceptors (Lipinski definition) is 2. The number of anilines is 1. The summed E-state index contributed by atoms with van der Waals surface area (Å²) in [6.07, 6.45) is 1.20. The fraction of sp³-hybridized carbons (Fsp3) is 0.571. The third-order valence-electron chi connectivity index (χ3n) is 3.31. The van der Waals surface area contributed by atoms with Crippen LogP contribution < -0.4 is 10.2 Å². The van der Waals surface area contributed by atoms with Crippen molar-refractivity contribution in [3.8, 4) is 0 Å². The Kier molecular flexibility index (Phi) is 3.79. The Hall–Kier alpha value is -0.540. The molecule has 1 aromatic rings. The highest BCUT2D eigenvalue weighted by Gasteiger charge is 2.24. The van der Waals surface area contributed by atoms with Crippen LogP contribution in [0, 0.1) is 6.92 Å². The van der Waals surface area contributed by atoms with Crippen LogP contribution in [0.2, 0.25) is 0 Å². The van der Waals surface area contributed by atoms with Crippen LogP contribution in [-0.2, 0) is 0 Å². The topological polar surface area (TPSA) is 15.3 Å². The molecule has 0 unspecified atom stereocenters. The predicted molar refractivity (Wildman–Crippen MR) is 77.8 cm³/mol. The van der Waals surface area contributed by atoms with Crippen molar-refractivity contribution in [2.45, 2.75) is 32.7 Å². The molecule has 0 aliphatic carbocycles. The maximum atomic E-state index is 3.60. The van der Waals surface area contributed by atoms with E-state index in [1.54, 1.807) is 0 Å². The lowest BCUT2D eigenvalue weighted by atomic mass is 10.0. The molecule has 0 saturated carbocycles. The smallest absolute Gasteiger partial charge is 0.0407 e. The summed E-state index contributed by atoms with van der Waals surface area (Å²) in [4.78, 5) is 2.50. The third-order valence-corrected chi connectivity index (χ3v) is 3.80. The van der Waals surface area contributed by atoms with Crippen molar-refractivity contribution in [2.75, 3.05) is 24.5 Å². The minimum absolute atomic E-state index is 0.186. The Labute approximate surface area is 113 Å². The first-order chi connectivity index (χ1) is 7.98. The zero-order chi connectivity index (χ0) is 12.5. The lowest BCUT2D eigenvalue weighted by Gasteiger charge is -2.32. The zero-order valence-corrected chi connectivity index (χ0v) is 12.5. The van der Waals surface area contributed by atoms with E-state index in [1.165, 1.54) is 17.7 Å². The van der Waals surface area contributed by atoms with E-state index in [0.717, 1.165) is 24.1 Å². The molecule has 0 spiro atoms. The summed E-state index contributed by atoms with van der Waals surface area (Å²) in [6, 6.07) is 6.53. The summed E-state index contributed by atoms with van der Waals surface area (Å²) in [7, 11) is 0. The van der Waals surface area contributed by atoms with E-state index < -0.39 is 0 Å². The lowest BCUT2D eigenvalue weighted by Crippen LogP contribution is -2.46. The van der Waals surface area contributed by atoms with Crippen LogP contribution >= 0.6 is 15.9 Å². The Bertz CT molecular complexity index is 401. The predicted octanol–water partition coefficient (Wildman–Crippen LogP) is 3.34. The molecule has 1 saturated heterocycles. The molecule has 0 bridgehead atoms. The van der Waals surface area contributed by atoms with E-state index in [1.807, 2.05) is 0 Å². The van der Waals surface area contributed by atoms with Crippen LogP contribution in [0.25, 0.3) is 0 Å². The molecule has 0 radical (unpaired) electrons. The Morgan fingerprint density at radius 2 is 2.12 bits per heavy atom. The number of benzene rings is 1. The van der Waals surface area contributed by atoms with Crippen molar-refractivity contribution in [1.82, 2.24) is 5.32 Å². The maximum Gasteiger partial charge on any atom is 0.0407 e. The molecule has 1 aliphatic rings. The molecule has 1 aliphatic heterocycles. The standard InChI is InChI=1S/C14H21BrN2/c1-11-5-6-12(15)9-13(11)17-8-4-7-16-14(2,3)10-17/h5-6,9,16H,4,7-8,10H2,1-3H3. The molecular weight excluding hydrogens is 276 g/mol. The summed E-state index contributed by atoms with van der Waals surface area (Å²) in [5, 5.41) is 3.60. The third kappa shape index (κ3) is 3.23. The second kappa shape index (κ2) is 4.99. The number of nitrogens with one attached hydrogen (secondary N) is 1. The number of rotatable bonds is 1. The molecule has 1 N–H and O–H groups in total. The van der Waals surface area contributed by atoms with Gasteiger partial charge in [-0.05, 0) is 51.4 Å². The number of hydrogen-bond donors (Lipinski definition) is 1. The van der Waals surface area contributed by atoms with Crippen molar-refractivity contribution in [3.63, 3.8) is 0 Å². The Balaban J connectivity index is 2.28. The molecule has 2 nitrogen and oxygen atoms in total. The second-order valence-electron chi connectivity index (χ2n) is 5.52. The van der Waals surface area contributed by atoms with Crippen molar-refractivity contribution in [3.05, 3.63) is 28.2 Å². The zero-order valence-electron chi connectivity index (χ0n) is 10.9. The van der Waals surface area contributed by atoms with Crippen molar-refractivity contribution in [1.29, 1.82) is 0 Å². The molecule has 0 aromatic heterocycles. The summed E-state index contributed by atoms with van der Waals surface area (Å²) >= 11 is 3.57. The van der Waals surface area contributed by atoms with Gasteiger partial charge in [0.15, 0.2) is 0 Å². The van der Waals surface area contributed by atoms with Gasteiger partial charge in [-0.2, -0.15) is 0 Å². The van der Waals surface area contributed by atoms with Gasteiger partial charge < -0.3 is 10.2 Å². The summed E-state index contributed by atoms with van der Waals surface area (Å²) in [5.74, 6) is 0. The SMILES string of the molecule is Cc1ccc(Br)cc1N1CCCNC(C)(C)C1. The fourth-order valence-electron chi connectivity index (χ4n) is 2.44. The monoisotopic (exact) mass is 296 g/mol. The first-order valence-corrected chi connectivity index (χ1v) is 7.03. The highest BCUT2D eigenvalue weighted by atomic mass is 79.9. The van der Waals surface area contributed by atoms with E-state index >= 15 is 0 Å². The summed E-state index contributed by atoms with van der Waals surface area (Å²) in [6.45, 7) is 10.0. The van der Waals surface area contributed by atoms with Gasteiger partial charge in [0.2, 0.25) is 0 Å². The van der Waals surface area contributed by atoms with Crippen molar-refractivity contribution < 1.29 is 0 Å². The van der Waals surface area contributed by atoms with Crippen LogP contribution in [0.4, 0.5) is 5.69 Å². The summed E-state index contributed by atoms with van der Waals surface area (Å²) < 4.78 is 1.16. The number of nitrogens with zero attached hydrogens (tertiary/aromatic N) is 1. The molecule has 1 fully saturated rings. The normalized spacial score (nSPS) is 20.1. The van der Waals surface area contributed by atoms with Gasteiger partial charge >= 0.3 is 0 Å². The largest absolute Gasteiger partial charge is 0.369 e. The van der Waals surface area contributed by atoms with Gasteiger partial charge in [0.1, 0.15) is 0 Å². The van der Waals surface area contributed by atoms with Crippen LogP contribution in [0.1, 0.15) is 25.8 Å². The summed E-state index contributed by atoms with van der Waals surface area (Å²) in [5.41, 5.74) is 2.90. The molecule has 94 valence electrons. The molecule has 2 rings (SSSR count). The van der Waals surface area contributed by atoms with E-state index in [4.69, 9.17) is 0 Å². The van der Waals surface area contributed by atoms with E-state index in [9.17, 15) is 0 Å². The van der Waals surface area contributed by atoms with Gasteiger partial charge in [0.25, 0.3) is 0 Å². The minimum Gasteiger partial charge on any atom is -0.369 e. The second-order valence-corrected chi connectivity index (χ2v) is 6.43. The van der Waals surface area contributed by atoms with Gasteiger partial charge in [-0.1, -0.05) is 22.0 Å². The first-order valence-electron chi connectivity index (χ1n) is 6.24. The van der Waals surface area contributed by atoms with Gasteiger partial charge in [0.05, 0.1) is 0 Å². The maximum absolute atomic E-state index is 3.60. The van der Waals surface area contributed by atoms with Gasteiger partial charge in [0, 0.05) is 28.8 Å². The van der Waals surface area contributed by atoms with Gasteiger partial charge in [-0.15, -0.1) is 0 Å².